The molecule has 0 radical (unpaired) electrons. The van der Waals surface area contributed by atoms with Crippen LogP contribution < -0.4 is 10.0 Å². The van der Waals surface area contributed by atoms with Crippen LogP contribution in [0.15, 0.2) is 53.4 Å². The van der Waals surface area contributed by atoms with Crippen LogP contribution >= 0.6 is 0 Å². The molecule has 1 fully saturated rings. The van der Waals surface area contributed by atoms with E-state index in [1.807, 2.05) is 0 Å². The van der Waals surface area contributed by atoms with Crippen molar-refractivity contribution in [3.63, 3.8) is 0 Å². The van der Waals surface area contributed by atoms with E-state index in [9.17, 15) is 17.6 Å². The molecule has 1 aliphatic rings. The summed E-state index contributed by atoms with van der Waals surface area (Å²) in [5.41, 5.74) is 0.685. The molecule has 0 unspecified atom stereocenters. The number of benzene rings is 2. The highest BCUT2D eigenvalue weighted by Gasteiger charge is 2.21. The Morgan fingerprint density at radius 2 is 1.69 bits per heavy atom. The van der Waals surface area contributed by atoms with Gasteiger partial charge in [0.15, 0.2) is 0 Å². The molecule has 2 N–H and O–H groups in total. The smallest absolute Gasteiger partial charge is 0.261 e. The second kappa shape index (κ2) is 9.37. The summed E-state index contributed by atoms with van der Waals surface area (Å²) in [6.07, 6.45) is 2.96. The molecule has 8 heteroatoms. The fraction of sp³-hybridized carbons (Fsp3) is 0.381. The first-order valence-corrected chi connectivity index (χ1v) is 11.3. The van der Waals surface area contributed by atoms with E-state index in [0.717, 1.165) is 38.9 Å². The standard InChI is InChI=1S/C21H26FN3O3S/c1-2-13-25-14-11-18(12-15-25)23-21(26)16-3-9-20(10-4-16)29(27,28)24-19-7-5-17(22)6-8-19/h3-10,18,24H,2,11-15H2,1H3,(H,23,26). The minimum Gasteiger partial charge on any atom is -0.349 e. The number of piperidine rings is 1. The molecule has 0 aromatic heterocycles. The van der Waals surface area contributed by atoms with E-state index in [0.29, 0.717) is 5.56 Å². The topological polar surface area (TPSA) is 78.5 Å². The number of nitrogens with zero attached hydrogens (tertiary/aromatic N) is 1. The van der Waals surface area contributed by atoms with Crippen molar-refractivity contribution in [1.29, 1.82) is 0 Å². The Balaban J connectivity index is 1.59. The van der Waals surface area contributed by atoms with Gasteiger partial charge in [0.1, 0.15) is 5.82 Å². The summed E-state index contributed by atoms with van der Waals surface area (Å²) in [5, 5.41) is 3.03. The van der Waals surface area contributed by atoms with Crippen LogP contribution in [0, 0.1) is 5.82 Å². The minimum absolute atomic E-state index is 0.0336. The van der Waals surface area contributed by atoms with Crippen LogP contribution in [-0.2, 0) is 10.0 Å². The van der Waals surface area contributed by atoms with Crippen molar-refractivity contribution in [2.75, 3.05) is 24.4 Å². The lowest BCUT2D eigenvalue weighted by Gasteiger charge is -2.32. The third-order valence-corrected chi connectivity index (χ3v) is 6.38. The highest BCUT2D eigenvalue weighted by Crippen LogP contribution is 2.18. The molecule has 2 aromatic carbocycles. The number of likely N-dealkylation sites (tertiary alicyclic amines) is 1. The van der Waals surface area contributed by atoms with Gasteiger partial charge in [-0.1, -0.05) is 6.92 Å². The normalized spacial score (nSPS) is 15.8. The summed E-state index contributed by atoms with van der Waals surface area (Å²) >= 11 is 0. The van der Waals surface area contributed by atoms with E-state index in [1.165, 1.54) is 48.5 Å². The van der Waals surface area contributed by atoms with E-state index in [1.54, 1.807) is 0 Å². The SMILES string of the molecule is CCCN1CCC(NC(=O)c2ccc(S(=O)(=O)Nc3ccc(F)cc3)cc2)CC1. The van der Waals surface area contributed by atoms with Crippen molar-refractivity contribution in [3.8, 4) is 0 Å². The Morgan fingerprint density at radius 1 is 1.07 bits per heavy atom. The molecule has 1 saturated heterocycles. The average molecular weight is 420 g/mol. The largest absolute Gasteiger partial charge is 0.349 e. The predicted octanol–water partition coefficient (Wildman–Crippen LogP) is 3.23. The first kappa shape index (κ1) is 21.3. The Hall–Kier alpha value is -2.45. The number of nitrogens with one attached hydrogen (secondary N) is 2. The highest BCUT2D eigenvalue weighted by atomic mass is 32.2. The summed E-state index contributed by atoms with van der Waals surface area (Å²) < 4.78 is 40.3. The molecule has 1 aliphatic heterocycles. The number of carbonyl (C=O) groups excluding carboxylic acids is 1. The lowest BCUT2D eigenvalue weighted by atomic mass is 10.0. The average Bonchev–Trinajstić information content (AvgIpc) is 2.71. The van der Waals surface area contributed by atoms with Crippen molar-refractivity contribution in [2.24, 2.45) is 0 Å². The monoisotopic (exact) mass is 419 g/mol. The Labute approximate surface area is 171 Å². The van der Waals surface area contributed by atoms with E-state index in [2.05, 4.69) is 21.9 Å². The molecule has 3 rings (SSSR count). The van der Waals surface area contributed by atoms with E-state index in [-0.39, 0.29) is 22.5 Å². The number of rotatable bonds is 7. The number of halogens is 1. The van der Waals surface area contributed by atoms with Gasteiger partial charge in [0.25, 0.3) is 15.9 Å². The molecule has 29 heavy (non-hydrogen) atoms. The molecule has 0 bridgehead atoms. The maximum absolute atomic E-state index is 13.0. The molecule has 0 aliphatic carbocycles. The van der Waals surface area contributed by atoms with Crippen molar-refractivity contribution in [1.82, 2.24) is 10.2 Å². The highest BCUT2D eigenvalue weighted by molar-refractivity contribution is 7.92. The molecule has 156 valence electrons. The number of anilines is 1. The molecule has 0 atom stereocenters. The number of hydrogen-bond donors (Lipinski definition) is 2. The van der Waals surface area contributed by atoms with Crippen LogP contribution in [0.4, 0.5) is 10.1 Å². The van der Waals surface area contributed by atoms with E-state index < -0.39 is 15.8 Å². The lowest BCUT2D eigenvalue weighted by molar-refractivity contribution is 0.0911. The fourth-order valence-electron chi connectivity index (χ4n) is 3.40. The van der Waals surface area contributed by atoms with Crippen molar-refractivity contribution >= 4 is 21.6 Å². The van der Waals surface area contributed by atoms with Crippen LogP contribution in [0.2, 0.25) is 0 Å². The van der Waals surface area contributed by atoms with Gasteiger partial charge in [0.2, 0.25) is 0 Å². The van der Waals surface area contributed by atoms with Crippen LogP contribution in [0.5, 0.6) is 0 Å². The summed E-state index contributed by atoms with van der Waals surface area (Å²) in [5.74, 6) is -0.645. The zero-order valence-corrected chi connectivity index (χ0v) is 17.2. The van der Waals surface area contributed by atoms with Gasteiger partial charge in [0, 0.05) is 30.4 Å². The van der Waals surface area contributed by atoms with Crippen molar-refractivity contribution in [2.45, 2.75) is 37.1 Å². The van der Waals surface area contributed by atoms with Gasteiger partial charge in [0.05, 0.1) is 4.90 Å². The lowest BCUT2D eigenvalue weighted by Crippen LogP contribution is -2.44. The van der Waals surface area contributed by atoms with Crippen molar-refractivity contribution < 1.29 is 17.6 Å². The van der Waals surface area contributed by atoms with Gasteiger partial charge < -0.3 is 10.2 Å². The Bertz CT molecular complexity index is 923. The molecule has 0 spiro atoms. The Kier molecular flexibility index (Phi) is 6.87. The number of carbonyl (C=O) groups is 1. The summed E-state index contributed by atoms with van der Waals surface area (Å²) in [7, 11) is -3.82. The number of sulfonamides is 1. The van der Waals surface area contributed by atoms with Crippen LogP contribution in [0.3, 0.4) is 0 Å². The summed E-state index contributed by atoms with van der Waals surface area (Å²) in [6, 6.07) is 11.0. The van der Waals surface area contributed by atoms with Gasteiger partial charge in [-0.3, -0.25) is 9.52 Å². The second-order valence-electron chi connectivity index (χ2n) is 7.23. The zero-order valence-electron chi connectivity index (χ0n) is 16.4. The van der Waals surface area contributed by atoms with E-state index >= 15 is 0 Å². The third kappa shape index (κ3) is 5.77. The molecule has 6 nitrogen and oxygen atoms in total. The van der Waals surface area contributed by atoms with E-state index in [4.69, 9.17) is 0 Å². The minimum atomic E-state index is -3.82. The second-order valence-corrected chi connectivity index (χ2v) is 8.91. The van der Waals surface area contributed by atoms with Gasteiger partial charge in [-0.2, -0.15) is 0 Å². The summed E-state index contributed by atoms with van der Waals surface area (Å²) in [6.45, 7) is 5.20. The first-order chi connectivity index (χ1) is 13.9. The summed E-state index contributed by atoms with van der Waals surface area (Å²) in [4.78, 5) is 14.9. The Morgan fingerprint density at radius 3 is 2.28 bits per heavy atom. The maximum Gasteiger partial charge on any atom is 0.261 e. The number of amides is 1. The molecular formula is C21H26FN3O3S. The first-order valence-electron chi connectivity index (χ1n) is 9.79. The predicted molar refractivity (Wildman–Crippen MR) is 111 cm³/mol. The maximum atomic E-state index is 13.0. The molecule has 0 saturated carbocycles. The molecule has 2 aromatic rings. The fourth-order valence-corrected chi connectivity index (χ4v) is 4.46. The van der Waals surface area contributed by atoms with Crippen LogP contribution in [-0.4, -0.2) is 44.9 Å². The van der Waals surface area contributed by atoms with Gasteiger partial charge in [-0.15, -0.1) is 0 Å². The van der Waals surface area contributed by atoms with Crippen LogP contribution in [0.1, 0.15) is 36.5 Å². The molecule has 1 heterocycles. The number of hydrogen-bond acceptors (Lipinski definition) is 4. The quantitative estimate of drug-likeness (QED) is 0.722. The van der Waals surface area contributed by atoms with Gasteiger partial charge in [-0.25, -0.2) is 12.8 Å². The molecular weight excluding hydrogens is 393 g/mol. The van der Waals surface area contributed by atoms with Crippen LogP contribution in [0.25, 0.3) is 0 Å². The van der Waals surface area contributed by atoms with Gasteiger partial charge in [-0.05, 0) is 74.3 Å². The van der Waals surface area contributed by atoms with Crippen molar-refractivity contribution in [3.05, 3.63) is 59.9 Å². The molecule has 1 amide bonds. The third-order valence-electron chi connectivity index (χ3n) is 4.99. The van der Waals surface area contributed by atoms with Gasteiger partial charge >= 0.3 is 0 Å². The zero-order chi connectivity index (χ0) is 20.9.